The quantitative estimate of drug-likeness (QED) is 0.508. The number of nitro groups is 1. The highest BCUT2D eigenvalue weighted by Gasteiger charge is 2.40. The fourth-order valence-corrected chi connectivity index (χ4v) is 3.56. The summed E-state index contributed by atoms with van der Waals surface area (Å²) in [4.78, 5) is 21.5. The van der Waals surface area contributed by atoms with Crippen LogP contribution in [0.15, 0.2) is 41.4 Å². The molecule has 9 heteroatoms. The topological polar surface area (TPSA) is 72.2 Å². The van der Waals surface area contributed by atoms with Gasteiger partial charge in [0.25, 0.3) is 5.70 Å². The average molecular weight is 332 g/mol. The molecular formula is C13H11F3N2O3S. The first-order valence-electron chi connectivity index (χ1n) is 6.00. The standard InChI is InChI=1S/C13H11F3N2O3S/c1-8-2-4-9(5-3-8)11-6-10(18(20)21)7-22(11)17-12(19)13(14,15)16/h2-7,22H,1H3,(H,17,19). The molecule has 0 spiro atoms. The summed E-state index contributed by atoms with van der Waals surface area (Å²) in [7, 11) is 0. The van der Waals surface area contributed by atoms with Gasteiger partial charge in [0, 0.05) is 11.0 Å². The van der Waals surface area contributed by atoms with Crippen LogP contribution < -0.4 is 4.72 Å². The second kappa shape index (κ2) is 5.84. The molecule has 5 nitrogen and oxygen atoms in total. The molecule has 0 saturated carbocycles. The third-order valence-electron chi connectivity index (χ3n) is 2.84. The molecule has 0 radical (unpaired) electrons. The number of thiol groups is 1. The Kier molecular flexibility index (Phi) is 4.27. The highest BCUT2D eigenvalue weighted by atomic mass is 32.2. The van der Waals surface area contributed by atoms with Crippen LogP contribution in [0, 0.1) is 17.0 Å². The lowest BCUT2D eigenvalue weighted by atomic mass is 10.1. The van der Waals surface area contributed by atoms with Gasteiger partial charge in [0.1, 0.15) is 0 Å². The zero-order valence-corrected chi connectivity index (χ0v) is 12.1. The fraction of sp³-hybridized carbons (Fsp3) is 0.154. The molecule has 1 amide bonds. The Bertz CT molecular complexity index is 681. The van der Waals surface area contributed by atoms with Crippen molar-refractivity contribution in [2.24, 2.45) is 0 Å². The minimum atomic E-state index is -5.04. The van der Waals surface area contributed by atoms with E-state index in [1.54, 1.807) is 24.3 Å². The number of rotatable bonds is 3. The summed E-state index contributed by atoms with van der Waals surface area (Å²) in [6, 6.07) is 6.76. The fourth-order valence-electron chi connectivity index (χ4n) is 1.76. The Morgan fingerprint density at radius 1 is 1.27 bits per heavy atom. The van der Waals surface area contributed by atoms with Gasteiger partial charge in [-0.2, -0.15) is 13.2 Å². The summed E-state index contributed by atoms with van der Waals surface area (Å²) in [5.41, 5.74) is 1.14. The van der Waals surface area contributed by atoms with Crippen LogP contribution in [-0.2, 0) is 4.79 Å². The molecule has 1 unspecified atom stereocenters. The van der Waals surface area contributed by atoms with Gasteiger partial charge in [-0.3, -0.25) is 14.9 Å². The Morgan fingerprint density at radius 3 is 2.36 bits per heavy atom. The average Bonchev–Trinajstić information content (AvgIpc) is 2.82. The molecule has 1 heterocycles. The van der Waals surface area contributed by atoms with Gasteiger partial charge in [-0.15, -0.1) is 11.1 Å². The van der Waals surface area contributed by atoms with E-state index in [0.717, 1.165) is 11.0 Å². The number of alkyl halides is 3. The van der Waals surface area contributed by atoms with Gasteiger partial charge in [0.2, 0.25) is 0 Å². The Balaban J connectivity index is 2.33. The van der Waals surface area contributed by atoms with E-state index in [1.807, 2.05) is 11.6 Å². The van der Waals surface area contributed by atoms with E-state index in [2.05, 4.69) is 0 Å². The Hall–Kier alpha value is -2.29. The number of hydrogen-bond acceptors (Lipinski definition) is 3. The largest absolute Gasteiger partial charge is 0.472 e. The van der Waals surface area contributed by atoms with Crippen molar-refractivity contribution in [3.8, 4) is 0 Å². The number of carbonyl (C=O) groups excluding carboxylic acids is 1. The molecule has 1 atom stereocenters. The molecule has 1 aromatic carbocycles. The second-order valence-electron chi connectivity index (χ2n) is 4.52. The maximum Gasteiger partial charge on any atom is 0.472 e. The Labute approximate surface area is 126 Å². The van der Waals surface area contributed by atoms with E-state index in [-0.39, 0.29) is 5.70 Å². The van der Waals surface area contributed by atoms with E-state index in [4.69, 9.17) is 0 Å². The van der Waals surface area contributed by atoms with Gasteiger partial charge in [0.15, 0.2) is 0 Å². The van der Waals surface area contributed by atoms with Crippen molar-refractivity contribution in [2.75, 3.05) is 0 Å². The maximum atomic E-state index is 12.4. The molecule has 2 rings (SSSR count). The van der Waals surface area contributed by atoms with Crippen LogP contribution in [0.1, 0.15) is 11.1 Å². The van der Waals surface area contributed by atoms with Crippen molar-refractivity contribution in [1.82, 2.24) is 4.72 Å². The molecule has 0 aliphatic carbocycles. The van der Waals surface area contributed by atoms with Crippen LogP contribution in [0.2, 0.25) is 0 Å². The number of hydrogen-bond donors (Lipinski definition) is 2. The SMILES string of the molecule is Cc1ccc(C2=CC([N+](=O)[O-])=C[SH]2NC(=O)C(F)(F)F)cc1. The van der Waals surface area contributed by atoms with Crippen molar-refractivity contribution < 1.29 is 22.9 Å². The molecule has 1 aliphatic rings. The molecule has 0 bridgehead atoms. The lowest BCUT2D eigenvalue weighted by Gasteiger charge is -2.20. The van der Waals surface area contributed by atoms with Crippen molar-refractivity contribution in [3.05, 3.63) is 62.7 Å². The van der Waals surface area contributed by atoms with E-state index in [0.29, 0.717) is 10.5 Å². The molecule has 1 N–H and O–H groups in total. The number of allylic oxidation sites excluding steroid dienone is 1. The lowest BCUT2D eigenvalue weighted by molar-refractivity contribution is -0.418. The monoisotopic (exact) mass is 332 g/mol. The number of halogens is 3. The molecule has 22 heavy (non-hydrogen) atoms. The van der Waals surface area contributed by atoms with Gasteiger partial charge >= 0.3 is 12.1 Å². The van der Waals surface area contributed by atoms with Gasteiger partial charge in [-0.1, -0.05) is 29.8 Å². The van der Waals surface area contributed by atoms with E-state index < -0.39 is 28.1 Å². The maximum absolute atomic E-state index is 12.4. The first-order chi connectivity index (χ1) is 10.2. The molecule has 1 aliphatic heterocycles. The highest BCUT2D eigenvalue weighted by molar-refractivity contribution is 8.26. The molecule has 118 valence electrons. The van der Waals surface area contributed by atoms with E-state index >= 15 is 0 Å². The normalized spacial score (nSPS) is 19.4. The third-order valence-corrected chi connectivity index (χ3v) is 4.72. The van der Waals surface area contributed by atoms with Crippen LogP contribution in [0.25, 0.3) is 4.91 Å². The van der Waals surface area contributed by atoms with Crippen molar-refractivity contribution >= 4 is 21.9 Å². The highest BCUT2D eigenvalue weighted by Crippen LogP contribution is 2.47. The predicted octanol–water partition coefficient (Wildman–Crippen LogP) is 3.06. The first kappa shape index (κ1) is 16.1. The molecule has 0 aromatic heterocycles. The Morgan fingerprint density at radius 2 is 1.86 bits per heavy atom. The summed E-state index contributed by atoms with van der Waals surface area (Å²) < 4.78 is 38.9. The van der Waals surface area contributed by atoms with Crippen LogP contribution in [0.4, 0.5) is 13.2 Å². The van der Waals surface area contributed by atoms with Gasteiger partial charge < -0.3 is 4.72 Å². The van der Waals surface area contributed by atoms with Crippen molar-refractivity contribution in [3.63, 3.8) is 0 Å². The van der Waals surface area contributed by atoms with Gasteiger partial charge in [-0.05, 0) is 12.5 Å². The van der Waals surface area contributed by atoms with Crippen LogP contribution in [-0.4, -0.2) is 17.0 Å². The molecule has 0 saturated heterocycles. The molecule has 1 aromatic rings. The van der Waals surface area contributed by atoms with Crippen molar-refractivity contribution in [1.29, 1.82) is 0 Å². The summed E-state index contributed by atoms with van der Waals surface area (Å²) >= 11 is -1.93. The van der Waals surface area contributed by atoms with Crippen molar-refractivity contribution in [2.45, 2.75) is 13.1 Å². The van der Waals surface area contributed by atoms with Crippen LogP contribution in [0.3, 0.4) is 0 Å². The second-order valence-corrected chi connectivity index (χ2v) is 6.22. The minimum Gasteiger partial charge on any atom is -0.305 e. The summed E-state index contributed by atoms with van der Waals surface area (Å²) in [6.45, 7) is 1.84. The van der Waals surface area contributed by atoms with E-state index in [1.165, 1.54) is 6.08 Å². The zero-order chi connectivity index (χ0) is 16.5. The number of carbonyl (C=O) groups is 1. The van der Waals surface area contributed by atoms with E-state index in [9.17, 15) is 28.1 Å². The van der Waals surface area contributed by atoms with Crippen LogP contribution >= 0.6 is 11.1 Å². The predicted molar refractivity (Wildman–Crippen MR) is 77.4 cm³/mol. The number of nitrogens with zero attached hydrogens (tertiary/aromatic N) is 1. The van der Waals surface area contributed by atoms with Crippen LogP contribution in [0.5, 0.6) is 0 Å². The number of amides is 1. The summed E-state index contributed by atoms with van der Waals surface area (Å²) in [5.74, 6) is -2.11. The molecule has 0 fully saturated rings. The minimum absolute atomic E-state index is 0.305. The summed E-state index contributed by atoms with van der Waals surface area (Å²) in [6.07, 6.45) is -3.85. The first-order valence-corrected chi connectivity index (χ1v) is 7.41. The number of benzene rings is 1. The number of aryl methyl sites for hydroxylation is 1. The smallest absolute Gasteiger partial charge is 0.305 e. The summed E-state index contributed by atoms with van der Waals surface area (Å²) in [5, 5.41) is 11.9. The number of nitrogens with one attached hydrogen (secondary N) is 1. The lowest BCUT2D eigenvalue weighted by Crippen LogP contribution is -2.34. The van der Waals surface area contributed by atoms with Gasteiger partial charge in [-0.25, -0.2) is 0 Å². The third kappa shape index (κ3) is 3.48. The van der Waals surface area contributed by atoms with Gasteiger partial charge in [0.05, 0.1) is 10.3 Å². The zero-order valence-electron chi connectivity index (χ0n) is 11.2. The molecular weight excluding hydrogens is 321 g/mol.